The maximum absolute atomic E-state index is 13.2. The Morgan fingerprint density at radius 2 is 1.84 bits per heavy atom. The number of aryl methyl sites for hydroxylation is 1. The Bertz CT molecular complexity index is 911. The Hall–Kier alpha value is -2.47. The molecule has 0 radical (unpaired) electrons. The Balaban J connectivity index is 1.67. The van der Waals surface area contributed by atoms with Gasteiger partial charge < -0.3 is 15.0 Å². The third kappa shape index (κ3) is 7.02. The van der Waals surface area contributed by atoms with Crippen LogP contribution >= 0.6 is 11.8 Å². The van der Waals surface area contributed by atoms with E-state index in [0.29, 0.717) is 12.3 Å². The van der Waals surface area contributed by atoms with Gasteiger partial charge in [0.1, 0.15) is 11.8 Å². The molecular weight excluding hydrogens is 420 g/mol. The SMILES string of the molecule is COc1cccc(CN(C(=O)CSCc2cccc(C)c2)[C@@H](C)C(=O)NC2CCCC2)c1. The number of nitrogens with one attached hydrogen (secondary N) is 1. The summed E-state index contributed by atoms with van der Waals surface area (Å²) in [4.78, 5) is 27.9. The van der Waals surface area contributed by atoms with Crippen LogP contribution in [0.25, 0.3) is 0 Å². The Kier molecular flexibility index (Phi) is 9.03. The van der Waals surface area contributed by atoms with E-state index in [-0.39, 0.29) is 17.9 Å². The van der Waals surface area contributed by atoms with Crippen molar-refractivity contribution in [3.05, 3.63) is 65.2 Å². The summed E-state index contributed by atoms with van der Waals surface area (Å²) in [6.45, 7) is 4.27. The summed E-state index contributed by atoms with van der Waals surface area (Å²) in [5, 5.41) is 3.15. The number of carbonyl (C=O) groups excluding carboxylic acids is 2. The first-order valence-corrected chi connectivity index (χ1v) is 12.5. The lowest BCUT2D eigenvalue weighted by Gasteiger charge is -2.30. The summed E-state index contributed by atoms with van der Waals surface area (Å²) in [6, 6.07) is 15.7. The largest absolute Gasteiger partial charge is 0.497 e. The van der Waals surface area contributed by atoms with Crippen molar-refractivity contribution >= 4 is 23.6 Å². The smallest absolute Gasteiger partial charge is 0.242 e. The van der Waals surface area contributed by atoms with E-state index in [2.05, 4.69) is 30.4 Å². The van der Waals surface area contributed by atoms with Gasteiger partial charge >= 0.3 is 0 Å². The zero-order valence-electron chi connectivity index (χ0n) is 19.3. The molecule has 0 aromatic heterocycles. The number of rotatable bonds is 10. The van der Waals surface area contributed by atoms with Crippen LogP contribution in [0.5, 0.6) is 5.75 Å². The molecule has 2 aromatic carbocycles. The number of thioether (sulfide) groups is 1. The molecule has 32 heavy (non-hydrogen) atoms. The van der Waals surface area contributed by atoms with Crippen molar-refractivity contribution < 1.29 is 14.3 Å². The summed E-state index contributed by atoms with van der Waals surface area (Å²) in [7, 11) is 1.63. The fourth-order valence-corrected chi connectivity index (χ4v) is 4.94. The fourth-order valence-electron chi connectivity index (χ4n) is 4.08. The fraction of sp³-hybridized carbons (Fsp3) is 0.462. The summed E-state index contributed by atoms with van der Waals surface area (Å²) >= 11 is 1.58. The molecular formula is C26H34N2O3S. The normalized spacial score (nSPS) is 14.7. The van der Waals surface area contributed by atoms with Crippen molar-refractivity contribution in [2.75, 3.05) is 12.9 Å². The van der Waals surface area contributed by atoms with Crippen LogP contribution in [-0.4, -0.2) is 41.7 Å². The predicted octanol–water partition coefficient (Wildman–Crippen LogP) is 4.71. The van der Waals surface area contributed by atoms with Crippen LogP contribution in [0.2, 0.25) is 0 Å². The highest BCUT2D eigenvalue weighted by atomic mass is 32.2. The number of hydrogen-bond acceptors (Lipinski definition) is 4. The first-order chi connectivity index (χ1) is 15.5. The molecule has 6 heteroatoms. The number of nitrogens with zero attached hydrogens (tertiary/aromatic N) is 1. The van der Waals surface area contributed by atoms with Crippen LogP contribution in [0, 0.1) is 6.92 Å². The van der Waals surface area contributed by atoms with Crippen molar-refractivity contribution in [3.63, 3.8) is 0 Å². The lowest BCUT2D eigenvalue weighted by atomic mass is 10.1. The zero-order chi connectivity index (χ0) is 22.9. The summed E-state index contributed by atoms with van der Waals surface area (Å²) in [5.41, 5.74) is 3.36. The molecule has 5 nitrogen and oxygen atoms in total. The molecule has 1 aliphatic rings. The van der Waals surface area contributed by atoms with E-state index in [1.807, 2.05) is 37.3 Å². The van der Waals surface area contributed by atoms with Gasteiger partial charge in [-0.25, -0.2) is 0 Å². The highest BCUT2D eigenvalue weighted by molar-refractivity contribution is 7.99. The van der Waals surface area contributed by atoms with Gasteiger partial charge in [0.05, 0.1) is 12.9 Å². The maximum atomic E-state index is 13.2. The average molecular weight is 455 g/mol. The van der Waals surface area contributed by atoms with Crippen molar-refractivity contribution in [1.82, 2.24) is 10.2 Å². The molecule has 0 heterocycles. The third-order valence-corrected chi connectivity index (χ3v) is 6.92. The highest BCUT2D eigenvalue weighted by Crippen LogP contribution is 2.21. The van der Waals surface area contributed by atoms with Crippen LogP contribution in [-0.2, 0) is 21.9 Å². The minimum atomic E-state index is -0.533. The van der Waals surface area contributed by atoms with Gasteiger partial charge in [-0.1, -0.05) is 54.8 Å². The van der Waals surface area contributed by atoms with Gasteiger partial charge in [-0.3, -0.25) is 9.59 Å². The van der Waals surface area contributed by atoms with Crippen molar-refractivity contribution in [3.8, 4) is 5.75 Å². The van der Waals surface area contributed by atoms with Gasteiger partial charge in [0.15, 0.2) is 0 Å². The third-order valence-electron chi connectivity index (χ3n) is 5.93. The number of carbonyl (C=O) groups is 2. The van der Waals surface area contributed by atoms with Crippen LogP contribution < -0.4 is 10.1 Å². The molecule has 2 aromatic rings. The molecule has 0 unspecified atom stereocenters. The standard InChI is InChI=1S/C26H34N2O3S/c1-19-8-6-10-22(14-19)17-32-18-25(29)28(16-21-9-7-13-24(15-21)31-3)20(2)26(30)27-23-11-4-5-12-23/h6-10,13-15,20,23H,4-5,11-12,16-18H2,1-3H3,(H,27,30)/t20-/m0/s1. The minimum absolute atomic E-state index is 0.0282. The molecule has 1 saturated carbocycles. The van der Waals surface area contributed by atoms with Gasteiger partial charge in [0, 0.05) is 18.3 Å². The molecule has 1 fully saturated rings. The van der Waals surface area contributed by atoms with Gasteiger partial charge in [0.25, 0.3) is 0 Å². The van der Waals surface area contributed by atoms with Crippen molar-refractivity contribution in [1.29, 1.82) is 0 Å². The maximum Gasteiger partial charge on any atom is 0.242 e. The number of ether oxygens (including phenoxy) is 1. The van der Waals surface area contributed by atoms with E-state index in [9.17, 15) is 9.59 Å². The second kappa shape index (κ2) is 12.0. The van der Waals surface area contributed by atoms with Crippen molar-refractivity contribution in [2.24, 2.45) is 0 Å². The van der Waals surface area contributed by atoms with Crippen LogP contribution in [0.15, 0.2) is 48.5 Å². The number of benzene rings is 2. The molecule has 3 rings (SSSR count). The van der Waals surface area contributed by atoms with Gasteiger partial charge in [-0.2, -0.15) is 0 Å². The van der Waals surface area contributed by atoms with Crippen LogP contribution in [0.4, 0.5) is 0 Å². The second-order valence-electron chi connectivity index (χ2n) is 8.52. The lowest BCUT2D eigenvalue weighted by molar-refractivity contribution is -0.138. The van der Waals surface area contributed by atoms with E-state index in [0.717, 1.165) is 42.7 Å². The second-order valence-corrected chi connectivity index (χ2v) is 9.51. The number of methoxy groups -OCH3 is 1. The van der Waals surface area contributed by atoms with Crippen molar-refractivity contribution in [2.45, 2.75) is 63.9 Å². The van der Waals surface area contributed by atoms with E-state index in [1.165, 1.54) is 11.1 Å². The topological polar surface area (TPSA) is 58.6 Å². The zero-order valence-corrected chi connectivity index (χ0v) is 20.1. The highest BCUT2D eigenvalue weighted by Gasteiger charge is 2.28. The predicted molar refractivity (Wildman–Crippen MR) is 131 cm³/mol. The number of hydrogen-bond donors (Lipinski definition) is 1. The Morgan fingerprint density at radius 1 is 1.12 bits per heavy atom. The minimum Gasteiger partial charge on any atom is -0.497 e. The van der Waals surface area contributed by atoms with E-state index < -0.39 is 6.04 Å². The van der Waals surface area contributed by atoms with Gasteiger partial charge in [-0.15, -0.1) is 11.8 Å². The van der Waals surface area contributed by atoms with E-state index in [1.54, 1.807) is 23.8 Å². The summed E-state index contributed by atoms with van der Waals surface area (Å²) in [5.74, 6) is 1.74. The molecule has 0 bridgehead atoms. The molecule has 2 amide bonds. The van der Waals surface area contributed by atoms with E-state index >= 15 is 0 Å². The molecule has 0 saturated heterocycles. The van der Waals surface area contributed by atoms with Gasteiger partial charge in [-0.05, 0) is 49.9 Å². The first kappa shape index (κ1) is 24.2. The van der Waals surface area contributed by atoms with Gasteiger partial charge in [0.2, 0.25) is 11.8 Å². The average Bonchev–Trinajstić information content (AvgIpc) is 3.30. The molecule has 172 valence electrons. The quantitative estimate of drug-likeness (QED) is 0.565. The first-order valence-electron chi connectivity index (χ1n) is 11.3. The summed E-state index contributed by atoms with van der Waals surface area (Å²) in [6.07, 6.45) is 4.35. The number of amides is 2. The molecule has 1 N–H and O–H groups in total. The van der Waals surface area contributed by atoms with Crippen LogP contribution in [0.1, 0.15) is 49.3 Å². The monoisotopic (exact) mass is 454 g/mol. The molecule has 0 spiro atoms. The molecule has 1 atom stereocenters. The Morgan fingerprint density at radius 3 is 2.56 bits per heavy atom. The molecule has 0 aliphatic heterocycles. The van der Waals surface area contributed by atoms with E-state index in [4.69, 9.17) is 4.74 Å². The summed E-state index contributed by atoms with van der Waals surface area (Å²) < 4.78 is 5.33. The Labute approximate surface area is 195 Å². The molecule has 1 aliphatic carbocycles. The van der Waals surface area contributed by atoms with Crippen LogP contribution in [0.3, 0.4) is 0 Å². The lowest BCUT2D eigenvalue weighted by Crippen LogP contribution is -2.50.